The van der Waals surface area contributed by atoms with E-state index in [2.05, 4.69) is 63.3 Å². The summed E-state index contributed by atoms with van der Waals surface area (Å²) in [7, 11) is 0. The molecule has 1 aromatic rings. The highest BCUT2D eigenvalue weighted by Crippen LogP contribution is 2.35. The quantitative estimate of drug-likeness (QED) is 0.640. The molecule has 2 N–H and O–H groups in total. The Kier molecular flexibility index (Phi) is 7.42. The molecule has 3 rings (SSSR count). The van der Waals surface area contributed by atoms with Gasteiger partial charge in [-0.15, -0.1) is 0 Å². The molecular weight excluding hydrogens is 442 g/mol. The van der Waals surface area contributed by atoms with Gasteiger partial charge in [-0.1, -0.05) is 42.0 Å². The predicted molar refractivity (Wildman–Crippen MR) is 126 cm³/mol. The van der Waals surface area contributed by atoms with E-state index in [0.717, 1.165) is 30.4 Å². The molecule has 162 valence electrons. The van der Waals surface area contributed by atoms with E-state index in [4.69, 9.17) is 10.5 Å². The Hall–Kier alpha value is -2.05. The Labute approximate surface area is 188 Å². The van der Waals surface area contributed by atoms with Crippen LogP contribution in [0.1, 0.15) is 50.8 Å². The lowest BCUT2D eigenvalue weighted by Crippen LogP contribution is -2.51. The summed E-state index contributed by atoms with van der Waals surface area (Å²) in [6.07, 6.45) is 9.74. The highest BCUT2D eigenvalue weighted by atomic mass is 79.9. The van der Waals surface area contributed by atoms with Crippen molar-refractivity contribution in [2.24, 2.45) is 5.73 Å². The highest BCUT2D eigenvalue weighted by Gasteiger charge is 2.30. The molecule has 0 saturated carbocycles. The molecule has 1 atom stereocenters. The summed E-state index contributed by atoms with van der Waals surface area (Å²) < 4.78 is 6.45. The molecule has 1 saturated heterocycles. The zero-order valence-corrected chi connectivity index (χ0v) is 19.7. The van der Waals surface area contributed by atoms with Crippen LogP contribution in [0.2, 0.25) is 0 Å². The molecule has 1 aliphatic carbocycles. The minimum Gasteiger partial charge on any atom is -0.444 e. The molecule has 1 unspecified atom stereocenters. The summed E-state index contributed by atoms with van der Waals surface area (Å²) in [6, 6.07) is 8.86. The van der Waals surface area contributed by atoms with Gasteiger partial charge < -0.3 is 15.4 Å². The summed E-state index contributed by atoms with van der Waals surface area (Å²) in [5, 5.41) is 0. The normalized spacial score (nSPS) is 23.5. The van der Waals surface area contributed by atoms with Crippen molar-refractivity contribution in [3.63, 3.8) is 0 Å². The van der Waals surface area contributed by atoms with Gasteiger partial charge in [-0.3, -0.25) is 4.90 Å². The molecule has 0 aromatic heterocycles. The van der Waals surface area contributed by atoms with E-state index in [0.29, 0.717) is 13.1 Å². The first-order valence-electron chi connectivity index (χ1n) is 10.5. The number of hydrogen-bond acceptors (Lipinski definition) is 4. The number of nitrogens with zero attached hydrogens (tertiary/aromatic N) is 2. The average Bonchev–Trinajstić information content (AvgIpc) is 2.69. The van der Waals surface area contributed by atoms with Crippen molar-refractivity contribution in [3.05, 3.63) is 63.8 Å². The molecule has 1 aliphatic heterocycles. The van der Waals surface area contributed by atoms with Crippen LogP contribution >= 0.6 is 15.9 Å². The molecule has 0 radical (unpaired) electrons. The van der Waals surface area contributed by atoms with Crippen LogP contribution in [-0.2, 0) is 4.74 Å². The van der Waals surface area contributed by atoms with E-state index < -0.39 is 5.60 Å². The van der Waals surface area contributed by atoms with Crippen molar-refractivity contribution in [3.8, 4) is 0 Å². The maximum atomic E-state index is 12.4. The molecule has 1 amide bonds. The van der Waals surface area contributed by atoms with Crippen LogP contribution in [0.3, 0.4) is 0 Å². The number of nitrogens with two attached hydrogens (primary N) is 1. The first-order valence-corrected chi connectivity index (χ1v) is 11.3. The zero-order chi connectivity index (χ0) is 21.7. The van der Waals surface area contributed by atoms with E-state index in [1.165, 1.54) is 16.7 Å². The number of fused-ring (bicyclic) bond motifs is 1. The van der Waals surface area contributed by atoms with E-state index >= 15 is 0 Å². The second-order valence-corrected chi connectivity index (χ2v) is 9.73. The van der Waals surface area contributed by atoms with Gasteiger partial charge in [-0.25, -0.2) is 4.79 Å². The Balaban J connectivity index is 1.80. The fourth-order valence-electron chi connectivity index (χ4n) is 3.97. The number of amides is 1. The van der Waals surface area contributed by atoms with Crippen molar-refractivity contribution >= 4 is 28.1 Å². The lowest BCUT2D eigenvalue weighted by molar-refractivity contribution is 0.0101. The van der Waals surface area contributed by atoms with Gasteiger partial charge in [0.05, 0.1) is 0 Å². The molecule has 6 heteroatoms. The van der Waals surface area contributed by atoms with Gasteiger partial charge in [0.2, 0.25) is 0 Å². The first-order chi connectivity index (χ1) is 14.3. The van der Waals surface area contributed by atoms with Gasteiger partial charge in [-0.05, 0) is 66.7 Å². The lowest BCUT2D eigenvalue weighted by atomic mass is 9.89. The smallest absolute Gasteiger partial charge is 0.410 e. The summed E-state index contributed by atoms with van der Waals surface area (Å²) in [6.45, 7) is 8.71. The van der Waals surface area contributed by atoms with Gasteiger partial charge in [0.1, 0.15) is 5.60 Å². The third-order valence-electron chi connectivity index (χ3n) is 5.40. The fourth-order valence-corrected chi connectivity index (χ4v) is 4.30. The minimum atomic E-state index is -0.470. The molecule has 1 heterocycles. The number of rotatable bonds is 2. The number of hydrogen-bond donors (Lipinski definition) is 1. The fraction of sp³-hybridized carbons (Fsp3) is 0.458. The molecule has 2 aliphatic rings. The van der Waals surface area contributed by atoms with Crippen molar-refractivity contribution in [2.45, 2.75) is 45.3 Å². The van der Waals surface area contributed by atoms with E-state index in [1.807, 2.05) is 25.7 Å². The van der Waals surface area contributed by atoms with Crippen molar-refractivity contribution in [1.82, 2.24) is 9.80 Å². The number of carbonyl (C=O) groups is 1. The standard InChI is InChI=1S/C24H32BrN3O2/c1-24(2,3)30-23(29)28-13-11-27(12-14-28)22-16-18(15-20(25)17-26)7-6-9-19-8-4-5-10-21(19)22/h4-6,8-10,15,17,22H,7,11-14,16,26H2,1-3H3/b9-6-,18-15-,20-17+. The van der Waals surface area contributed by atoms with E-state index in [1.54, 1.807) is 6.20 Å². The van der Waals surface area contributed by atoms with Crippen molar-refractivity contribution in [2.75, 3.05) is 26.2 Å². The topological polar surface area (TPSA) is 58.8 Å². The van der Waals surface area contributed by atoms with Crippen LogP contribution in [0.25, 0.3) is 6.08 Å². The SMILES string of the molecule is CC(C)(C)OC(=O)N1CCN(C2C/C(=C\C(Br)=C/N)C/C=C\c3ccccc32)CC1. The molecule has 30 heavy (non-hydrogen) atoms. The first kappa shape index (κ1) is 22.6. The van der Waals surface area contributed by atoms with Crippen LogP contribution < -0.4 is 5.73 Å². The van der Waals surface area contributed by atoms with Crippen LogP contribution in [0.15, 0.2) is 52.7 Å². The van der Waals surface area contributed by atoms with Gasteiger partial charge in [0.25, 0.3) is 0 Å². The Morgan fingerprint density at radius 3 is 2.57 bits per heavy atom. The Morgan fingerprint density at radius 2 is 1.90 bits per heavy atom. The van der Waals surface area contributed by atoms with Crippen molar-refractivity contribution < 1.29 is 9.53 Å². The second-order valence-electron chi connectivity index (χ2n) is 8.81. The Morgan fingerprint density at radius 1 is 1.20 bits per heavy atom. The lowest BCUT2D eigenvalue weighted by Gasteiger charge is -2.40. The molecule has 0 bridgehead atoms. The summed E-state index contributed by atoms with van der Waals surface area (Å²) in [4.78, 5) is 16.8. The molecule has 1 fully saturated rings. The molecule has 5 nitrogen and oxygen atoms in total. The van der Waals surface area contributed by atoms with Gasteiger partial charge in [0.15, 0.2) is 0 Å². The maximum Gasteiger partial charge on any atom is 0.410 e. The third kappa shape index (κ3) is 5.99. The zero-order valence-electron chi connectivity index (χ0n) is 18.1. The van der Waals surface area contributed by atoms with Crippen LogP contribution in [0.4, 0.5) is 4.79 Å². The largest absolute Gasteiger partial charge is 0.444 e. The number of ether oxygens (including phenoxy) is 1. The van der Waals surface area contributed by atoms with Crippen LogP contribution in [0.5, 0.6) is 0 Å². The summed E-state index contributed by atoms with van der Waals surface area (Å²) in [5.74, 6) is 0. The van der Waals surface area contributed by atoms with E-state index in [-0.39, 0.29) is 12.1 Å². The molecular formula is C24H32BrN3O2. The average molecular weight is 474 g/mol. The predicted octanol–water partition coefficient (Wildman–Crippen LogP) is 5.21. The van der Waals surface area contributed by atoms with Crippen molar-refractivity contribution in [1.29, 1.82) is 0 Å². The summed E-state index contributed by atoms with van der Waals surface area (Å²) in [5.41, 5.74) is 9.13. The molecule has 0 spiro atoms. The molecule has 1 aromatic carbocycles. The Bertz CT molecular complexity index is 846. The number of benzene rings is 1. The number of carbonyl (C=O) groups excluding carboxylic acids is 1. The number of allylic oxidation sites excluding steroid dienone is 3. The maximum absolute atomic E-state index is 12.4. The highest BCUT2D eigenvalue weighted by molar-refractivity contribution is 9.11. The van der Waals surface area contributed by atoms with Gasteiger partial charge in [0, 0.05) is 42.9 Å². The second kappa shape index (κ2) is 9.84. The summed E-state index contributed by atoms with van der Waals surface area (Å²) >= 11 is 3.52. The third-order valence-corrected chi connectivity index (χ3v) is 5.89. The van der Waals surface area contributed by atoms with Gasteiger partial charge >= 0.3 is 6.09 Å². The van der Waals surface area contributed by atoms with Crippen LogP contribution in [0, 0.1) is 0 Å². The van der Waals surface area contributed by atoms with Crippen LogP contribution in [-0.4, -0.2) is 47.7 Å². The minimum absolute atomic E-state index is 0.222. The number of halogens is 1. The number of piperazine rings is 1. The van der Waals surface area contributed by atoms with Gasteiger partial charge in [-0.2, -0.15) is 0 Å². The van der Waals surface area contributed by atoms with E-state index in [9.17, 15) is 4.79 Å². The monoisotopic (exact) mass is 473 g/mol.